The topological polar surface area (TPSA) is 97.9 Å². The van der Waals surface area contributed by atoms with Crippen LogP contribution in [0.25, 0.3) is 16.7 Å². The Morgan fingerprint density at radius 3 is 2.67 bits per heavy atom. The summed E-state index contributed by atoms with van der Waals surface area (Å²) in [4.78, 5) is 28.6. The lowest BCUT2D eigenvalue weighted by molar-refractivity contribution is 0.0704. The average molecular weight is 446 g/mol. The molecule has 0 unspecified atom stereocenters. The number of aryl methyl sites for hydroxylation is 3. The van der Waals surface area contributed by atoms with E-state index in [2.05, 4.69) is 32.1 Å². The Hall–Kier alpha value is -3.82. The molecule has 1 saturated heterocycles. The van der Waals surface area contributed by atoms with Gasteiger partial charge in [0.1, 0.15) is 0 Å². The number of hydrogen-bond acceptors (Lipinski definition) is 7. The van der Waals surface area contributed by atoms with Crippen molar-refractivity contribution in [3.05, 3.63) is 53.6 Å². The number of fused-ring (bicyclic) bond motifs is 1. The first-order valence-corrected chi connectivity index (χ1v) is 11.1. The van der Waals surface area contributed by atoms with Crippen molar-refractivity contribution in [1.29, 1.82) is 0 Å². The van der Waals surface area contributed by atoms with Crippen LogP contribution in [0.5, 0.6) is 0 Å². The molecule has 4 aromatic rings. The van der Waals surface area contributed by atoms with Crippen LogP contribution in [0.2, 0.25) is 0 Å². The van der Waals surface area contributed by atoms with Crippen molar-refractivity contribution >= 4 is 22.9 Å². The molecule has 0 N–H and O–H groups in total. The predicted octanol–water partition coefficient (Wildman–Crippen LogP) is 2.30. The number of nitrogens with zero attached hydrogens (tertiary/aromatic N) is 9. The Bertz CT molecular complexity index is 1310. The maximum Gasteiger partial charge on any atom is 0.256 e. The van der Waals surface area contributed by atoms with Gasteiger partial charge in [0.2, 0.25) is 5.95 Å². The summed E-state index contributed by atoms with van der Waals surface area (Å²) in [5, 5.41) is 13.9. The molecule has 170 valence electrons. The minimum Gasteiger partial charge on any atom is -0.339 e. The third kappa shape index (κ3) is 3.81. The van der Waals surface area contributed by atoms with Crippen molar-refractivity contribution in [1.82, 2.24) is 39.6 Å². The Morgan fingerprint density at radius 2 is 1.88 bits per heavy atom. The highest BCUT2D eigenvalue weighted by atomic mass is 16.2. The molecule has 33 heavy (non-hydrogen) atoms. The van der Waals surface area contributed by atoms with Crippen molar-refractivity contribution in [3.63, 3.8) is 0 Å². The number of aromatic nitrogens is 7. The predicted molar refractivity (Wildman–Crippen MR) is 124 cm³/mol. The van der Waals surface area contributed by atoms with E-state index in [0.29, 0.717) is 30.3 Å². The van der Waals surface area contributed by atoms with E-state index in [-0.39, 0.29) is 11.9 Å². The van der Waals surface area contributed by atoms with Crippen molar-refractivity contribution in [2.24, 2.45) is 7.05 Å². The van der Waals surface area contributed by atoms with Gasteiger partial charge in [0.05, 0.1) is 34.7 Å². The second kappa shape index (κ2) is 8.27. The smallest absolute Gasteiger partial charge is 0.256 e. The van der Waals surface area contributed by atoms with Crippen LogP contribution in [-0.4, -0.2) is 71.2 Å². The van der Waals surface area contributed by atoms with Crippen LogP contribution in [0.4, 0.5) is 5.95 Å². The zero-order chi connectivity index (χ0) is 23.1. The molecule has 5 rings (SSSR count). The number of amides is 1. The summed E-state index contributed by atoms with van der Waals surface area (Å²) in [5.74, 6) is 0.656. The van der Waals surface area contributed by atoms with Gasteiger partial charge in [0, 0.05) is 38.9 Å². The second-order valence-corrected chi connectivity index (χ2v) is 8.58. The number of hydrogen-bond donors (Lipinski definition) is 0. The van der Waals surface area contributed by atoms with Crippen LogP contribution >= 0.6 is 0 Å². The summed E-state index contributed by atoms with van der Waals surface area (Å²) in [6, 6.07) is 5.86. The number of carbonyl (C=O) groups excluding carboxylic acids is 1. The van der Waals surface area contributed by atoms with Gasteiger partial charge in [-0.1, -0.05) is 11.6 Å². The molecule has 10 nitrogen and oxygen atoms in total. The zero-order valence-electron chi connectivity index (χ0n) is 19.3. The number of rotatable bonds is 3. The van der Waals surface area contributed by atoms with Crippen LogP contribution in [0.1, 0.15) is 35.0 Å². The summed E-state index contributed by atoms with van der Waals surface area (Å²) in [5.41, 5.74) is 4.05. The molecule has 0 radical (unpaired) electrons. The maximum absolute atomic E-state index is 13.7. The maximum atomic E-state index is 13.7. The summed E-state index contributed by atoms with van der Waals surface area (Å²) in [6.45, 7) is 8.04. The molecule has 0 saturated carbocycles. The van der Waals surface area contributed by atoms with E-state index in [1.807, 2.05) is 50.2 Å². The molecule has 1 aromatic carbocycles. The van der Waals surface area contributed by atoms with E-state index in [4.69, 9.17) is 4.98 Å². The van der Waals surface area contributed by atoms with Crippen LogP contribution in [0, 0.1) is 13.8 Å². The molecule has 0 bridgehead atoms. The molecule has 1 aliphatic rings. The average Bonchev–Trinajstić information content (AvgIpc) is 3.38. The lowest BCUT2D eigenvalue weighted by atomic mass is 10.1. The molecular formula is C23H27N9O. The fourth-order valence-corrected chi connectivity index (χ4v) is 4.40. The largest absolute Gasteiger partial charge is 0.339 e. The molecular weight excluding hydrogens is 418 g/mol. The molecule has 0 aliphatic carbocycles. The highest BCUT2D eigenvalue weighted by Crippen LogP contribution is 2.23. The zero-order valence-corrected chi connectivity index (χ0v) is 19.3. The Kier molecular flexibility index (Phi) is 5.27. The lowest BCUT2D eigenvalue weighted by Crippen LogP contribution is -2.40. The van der Waals surface area contributed by atoms with Gasteiger partial charge in [-0.2, -0.15) is 25.1 Å². The van der Waals surface area contributed by atoms with Gasteiger partial charge in [-0.05, 0) is 39.3 Å². The van der Waals surface area contributed by atoms with E-state index in [1.165, 1.54) is 4.80 Å². The molecule has 4 heterocycles. The lowest BCUT2D eigenvalue weighted by Gasteiger charge is -2.27. The van der Waals surface area contributed by atoms with E-state index in [9.17, 15) is 4.79 Å². The van der Waals surface area contributed by atoms with Crippen molar-refractivity contribution in [2.75, 3.05) is 24.5 Å². The molecule has 0 spiro atoms. The van der Waals surface area contributed by atoms with Gasteiger partial charge in [-0.15, -0.1) is 0 Å². The SMILES string of the molecule is Cc1ccc(-n2nccn2)c(C(=O)N2CCN(c3ncc4c(C)nn(C)c4n3)CC[C@@H]2C)c1. The van der Waals surface area contributed by atoms with Gasteiger partial charge in [-0.3, -0.25) is 9.48 Å². The van der Waals surface area contributed by atoms with Gasteiger partial charge < -0.3 is 9.80 Å². The van der Waals surface area contributed by atoms with E-state index >= 15 is 0 Å². The van der Waals surface area contributed by atoms with Gasteiger partial charge in [0.15, 0.2) is 5.65 Å². The fraction of sp³-hybridized carbons (Fsp3) is 0.391. The first-order valence-electron chi connectivity index (χ1n) is 11.1. The number of benzene rings is 1. The van der Waals surface area contributed by atoms with Gasteiger partial charge in [-0.25, -0.2) is 4.98 Å². The van der Waals surface area contributed by atoms with Crippen molar-refractivity contribution in [3.8, 4) is 5.69 Å². The highest BCUT2D eigenvalue weighted by Gasteiger charge is 2.29. The van der Waals surface area contributed by atoms with Crippen LogP contribution in [0.15, 0.2) is 36.8 Å². The third-order valence-corrected chi connectivity index (χ3v) is 6.27. The molecule has 3 aromatic heterocycles. The van der Waals surface area contributed by atoms with E-state index in [0.717, 1.165) is 35.3 Å². The summed E-state index contributed by atoms with van der Waals surface area (Å²) < 4.78 is 1.79. The second-order valence-electron chi connectivity index (χ2n) is 8.58. The van der Waals surface area contributed by atoms with E-state index < -0.39 is 0 Å². The number of anilines is 1. The quantitative estimate of drug-likeness (QED) is 0.477. The van der Waals surface area contributed by atoms with E-state index in [1.54, 1.807) is 17.1 Å². The monoisotopic (exact) mass is 445 g/mol. The molecule has 1 aliphatic heterocycles. The molecule has 1 amide bonds. The van der Waals surface area contributed by atoms with Crippen LogP contribution in [0.3, 0.4) is 0 Å². The standard InChI is InChI=1S/C23H27N9O/c1-15-5-6-20(32-25-8-9-26-32)18(13-15)22(33)31-12-11-30(10-7-16(31)2)23-24-14-19-17(3)28-29(4)21(19)27-23/h5-6,8-9,13-14,16H,7,10-12H2,1-4H3/t16-/m0/s1. The fourth-order valence-electron chi connectivity index (χ4n) is 4.40. The van der Waals surface area contributed by atoms with Gasteiger partial charge in [0.25, 0.3) is 5.91 Å². The Balaban J connectivity index is 1.41. The van der Waals surface area contributed by atoms with Crippen LogP contribution in [-0.2, 0) is 7.05 Å². The molecule has 1 fully saturated rings. The first-order chi connectivity index (χ1) is 15.9. The number of carbonyl (C=O) groups is 1. The Morgan fingerprint density at radius 1 is 1.09 bits per heavy atom. The Labute approximate surface area is 191 Å². The first kappa shape index (κ1) is 21.0. The third-order valence-electron chi connectivity index (χ3n) is 6.27. The molecule has 1 atom stereocenters. The van der Waals surface area contributed by atoms with Gasteiger partial charge >= 0.3 is 0 Å². The summed E-state index contributed by atoms with van der Waals surface area (Å²) >= 11 is 0. The minimum atomic E-state index is -0.0148. The normalized spacial score (nSPS) is 16.9. The van der Waals surface area contributed by atoms with Crippen molar-refractivity contribution < 1.29 is 4.79 Å². The highest BCUT2D eigenvalue weighted by molar-refractivity contribution is 5.98. The van der Waals surface area contributed by atoms with Crippen molar-refractivity contribution in [2.45, 2.75) is 33.2 Å². The molecule has 10 heteroatoms. The summed E-state index contributed by atoms with van der Waals surface area (Å²) in [7, 11) is 1.89. The van der Waals surface area contributed by atoms with Crippen LogP contribution < -0.4 is 4.90 Å². The summed E-state index contributed by atoms with van der Waals surface area (Å²) in [6.07, 6.45) is 5.88. The minimum absolute atomic E-state index is 0.0148.